The first-order valence-corrected chi connectivity index (χ1v) is 4.75. The Morgan fingerprint density at radius 1 is 1.33 bits per heavy atom. The summed E-state index contributed by atoms with van der Waals surface area (Å²) in [6.07, 6.45) is 0.631. The Labute approximate surface area is 86.7 Å². The lowest BCUT2D eigenvalue weighted by atomic mass is 10.3. The highest BCUT2D eigenvalue weighted by molar-refractivity contribution is 5.29. The van der Waals surface area contributed by atoms with Crippen LogP contribution in [-0.2, 0) is 6.42 Å². The van der Waals surface area contributed by atoms with E-state index in [4.69, 9.17) is 5.84 Å². The molecule has 0 amide bonds. The average molecular weight is 204 g/mol. The topological polar surface area (TPSA) is 65.8 Å². The monoisotopic (exact) mass is 204 g/mol. The molecule has 5 heteroatoms. The summed E-state index contributed by atoms with van der Waals surface area (Å²) in [7, 11) is 0. The summed E-state index contributed by atoms with van der Waals surface area (Å²) in [5.41, 5.74) is 0.402. The van der Waals surface area contributed by atoms with Gasteiger partial charge in [-0.05, 0) is 12.1 Å². The Balaban J connectivity index is 2.60. The van der Waals surface area contributed by atoms with Crippen LogP contribution in [0.25, 0.3) is 5.69 Å². The van der Waals surface area contributed by atoms with Crippen LogP contribution in [0.2, 0.25) is 0 Å². The number of nitrogens with zero attached hydrogens (tertiary/aromatic N) is 3. The highest BCUT2D eigenvalue weighted by Gasteiger charge is 2.09. The standard InChI is InChI=1S/C10H12N4O/c1-2-9-12-14(10(15)13(9)11)8-6-4-3-5-7-8/h3-7H,2,11H2,1H3. The van der Waals surface area contributed by atoms with E-state index in [0.717, 1.165) is 10.4 Å². The van der Waals surface area contributed by atoms with Gasteiger partial charge < -0.3 is 5.84 Å². The zero-order valence-corrected chi connectivity index (χ0v) is 8.42. The Bertz CT molecular complexity index is 512. The maximum atomic E-state index is 11.7. The number of para-hydroxylation sites is 1. The molecule has 5 nitrogen and oxygen atoms in total. The number of nitrogens with two attached hydrogens (primary N) is 1. The quantitative estimate of drug-likeness (QED) is 0.716. The molecule has 0 spiro atoms. The summed E-state index contributed by atoms with van der Waals surface area (Å²) >= 11 is 0. The molecule has 2 aromatic rings. The minimum absolute atomic E-state index is 0.321. The van der Waals surface area contributed by atoms with Gasteiger partial charge in [-0.3, -0.25) is 0 Å². The predicted octanol–water partition coefficient (Wildman–Crippen LogP) is 0.310. The van der Waals surface area contributed by atoms with Gasteiger partial charge in [-0.2, -0.15) is 9.36 Å². The molecular formula is C10H12N4O. The van der Waals surface area contributed by atoms with Crippen molar-refractivity contribution in [3.05, 3.63) is 46.6 Å². The molecule has 0 atom stereocenters. The number of nitrogen functional groups attached to an aromatic ring is 1. The maximum absolute atomic E-state index is 11.7. The van der Waals surface area contributed by atoms with Crippen molar-refractivity contribution < 1.29 is 0 Å². The second kappa shape index (κ2) is 3.61. The molecule has 78 valence electrons. The number of rotatable bonds is 2. The number of hydrogen-bond donors (Lipinski definition) is 1. The van der Waals surface area contributed by atoms with Crippen molar-refractivity contribution in [3.63, 3.8) is 0 Å². The molecule has 0 bridgehead atoms. The molecule has 2 rings (SSSR count). The van der Waals surface area contributed by atoms with Gasteiger partial charge in [-0.1, -0.05) is 25.1 Å². The van der Waals surface area contributed by atoms with Crippen molar-refractivity contribution >= 4 is 0 Å². The lowest BCUT2D eigenvalue weighted by Gasteiger charge is -1.96. The van der Waals surface area contributed by atoms with Gasteiger partial charge in [0, 0.05) is 6.42 Å². The molecule has 1 heterocycles. The lowest BCUT2D eigenvalue weighted by molar-refractivity contribution is 0.818. The molecule has 15 heavy (non-hydrogen) atoms. The van der Waals surface area contributed by atoms with E-state index in [2.05, 4.69) is 5.10 Å². The Hall–Kier alpha value is -2.04. The van der Waals surface area contributed by atoms with E-state index in [1.54, 1.807) is 0 Å². The molecule has 0 aliphatic rings. The van der Waals surface area contributed by atoms with Crippen LogP contribution < -0.4 is 11.5 Å². The molecule has 0 saturated carbocycles. The minimum Gasteiger partial charge on any atom is -0.333 e. The summed E-state index contributed by atoms with van der Waals surface area (Å²) in [6.45, 7) is 1.90. The predicted molar refractivity (Wildman–Crippen MR) is 57.4 cm³/mol. The van der Waals surface area contributed by atoms with Crippen molar-refractivity contribution in [3.8, 4) is 5.69 Å². The molecule has 0 radical (unpaired) electrons. The molecule has 2 N–H and O–H groups in total. The molecule has 1 aromatic carbocycles. The van der Waals surface area contributed by atoms with Crippen molar-refractivity contribution in [2.45, 2.75) is 13.3 Å². The SMILES string of the molecule is CCc1nn(-c2ccccc2)c(=O)n1N. The zero-order valence-electron chi connectivity index (χ0n) is 8.42. The van der Waals surface area contributed by atoms with Gasteiger partial charge in [0.05, 0.1) is 5.69 Å². The molecule has 0 fully saturated rings. The molecule has 0 aliphatic carbocycles. The van der Waals surface area contributed by atoms with Crippen LogP contribution in [0, 0.1) is 0 Å². The first-order valence-electron chi connectivity index (χ1n) is 4.75. The van der Waals surface area contributed by atoms with Crippen molar-refractivity contribution in [1.82, 2.24) is 14.5 Å². The number of hydrogen-bond acceptors (Lipinski definition) is 3. The van der Waals surface area contributed by atoms with E-state index in [1.165, 1.54) is 4.68 Å². The second-order valence-electron chi connectivity index (χ2n) is 3.17. The van der Waals surface area contributed by atoms with Crippen LogP contribution in [0.5, 0.6) is 0 Å². The van der Waals surface area contributed by atoms with Crippen molar-refractivity contribution in [2.24, 2.45) is 0 Å². The van der Waals surface area contributed by atoms with Gasteiger partial charge in [0.25, 0.3) is 0 Å². The Kier molecular flexibility index (Phi) is 2.29. The average Bonchev–Trinajstić information content (AvgIpc) is 2.57. The van der Waals surface area contributed by atoms with Crippen molar-refractivity contribution in [2.75, 3.05) is 5.84 Å². The third-order valence-electron chi connectivity index (χ3n) is 2.20. The van der Waals surface area contributed by atoms with E-state index < -0.39 is 0 Å². The van der Waals surface area contributed by atoms with Crippen LogP contribution in [0.1, 0.15) is 12.7 Å². The van der Waals surface area contributed by atoms with Crippen LogP contribution in [0.4, 0.5) is 0 Å². The fourth-order valence-corrected chi connectivity index (χ4v) is 1.40. The molecule has 0 saturated heterocycles. The van der Waals surface area contributed by atoms with Crippen LogP contribution in [0.3, 0.4) is 0 Å². The first-order chi connectivity index (χ1) is 7.24. The minimum atomic E-state index is -0.321. The van der Waals surface area contributed by atoms with E-state index >= 15 is 0 Å². The number of aryl methyl sites for hydroxylation is 1. The van der Waals surface area contributed by atoms with Crippen LogP contribution >= 0.6 is 0 Å². The van der Waals surface area contributed by atoms with Gasteiger partial charge in [-0.15, -0.1) is 5.10 Å². The highest BCUT2D eigenvalue weighted by Crippen LogP contribution is 2.02. The van der Waals surface area contributed by atoms with Crippen LogP contribution in [-0.4, -0.2) is 14.5 Å². The molecule has 0 aliphatic heterocycles. The number of aromatic nitrogens is 3. The first kappa shape index (κ1) is 9.51. The largest absolute Gasteiger partial charge is 0.369 e. The summed E-state index contributed by atoms with van der Waals surface area (Å²) in [4.78, 5) is 11.7. The van der Waals surface area contributed by atoms with Gasteiger partial charge in [0.15, 0.2) is 5.82 Å². The van der Waals surface area contributed by atoms with E-state index in [9.17, 15) is 4.79 Å². The highest BCUT2D eigenvalue weighted by atomic mass is 16.2. The third kappa shape index (κ3) is 1.52. The second-order valence-corrected chi connectivity index (χ2v) is 3.17. The van der Waals surface area contributed by atoms with E-state index in [-0.39, 0.29) is 5.69 Å². The van der Waals surface area contributed by atoms with Gasteiger partial charge in [-0.25, -0.2) is 4.79 Å². The summed E-state index contributed by atoms with van der Waals surface area (Å²) < 4.78 is 2.38. The van der Waals surface area contributed by atoms with Crippen molar-refractivity contribution in [1.29, 1.82) is 0 Å². The Morgan fingerprint density at radius 3 is 2.53 bits per heavy atom. The molecule has 1 aromatic heterocycles. The van der Waals surface area contributed by atoms with Gasteiger partial charge in [0.2, 0.25) is 0 Å². The Morgan fingerprint density at radius 2 is 2.00 bits per heavy atom. The lowest BCUT2D eigenvalue weighted by Crippen LogP contribution is -2.29. The summed E-state index contributed by atoms with van der Waals surface area (Å²) in [5.74, 6) is 6.15. The molecular weight excluding hydrogens is 192 g/mol. The molecule has 0 unspecified atom stereocenters. The summed E-state index contributed by atoms with van der Waals surface area (Å²) in [6, 6.07) is 9.21. The number of benzene rings is 1. The van der Waals surface area contributed by atoms with E-state index in [0.29, 0.717) is 12.2 Å². The van der Waals surface area contributed by atoms with Gasteiger partial charge >= 0.3 is 5.69 Å². The van der Waals surface area contributed by atoms with Crippen LogP contribution in [0.15, 0.2) is 35.1 Å². The normalized spacial score (nSPS) is 10.5. The summed E-state index contributed by atoms with van der Waals surface area (Å²) in [5, 5.41) is 4.14. The third-order valence-corrected chi connectivity index (χ3v) is 2.20. The van der Waals surface area contributed by atoms with E-state index in [1.807, 2.05) is 37.3 Å². The fourth-order valence-electron chi connectivity index (χ4n) is 1.40. The maximum Gasteiger partial charge on any atom is 0.369 e. The smallest absolute Gasteiger partial charge is 0.333 e. The van der Waals surface area contributed by atoms with Gasteiger partial charge in [0.1, 0.15) is 0 Å². The zero-order chi connectivity index (χ0) is 10.8. The fraction of sp³-hybridized carbons (Fsp3) is 0.200.